The smallest absolute Gasteiger partial charge is 0.255 e. The number of hydrogen-bond acceptors (Lipinski definition) is 3. The Balaban J connectivity index is 2.74. The molecule has 1 aromatic carbocycles. The SMILES string of the molecule is CN([O-])c1ccccc1NCC(F)F. The lowest BCUT2D eigenvalue weighted by atomic mass is 10.2. The Morgan fingerprint density at radius 2 is 2.07 bits per heavy atom. The van der Waals surface area contributed by atoms with Crippen molar-refractivity contribution in [2.24, 2.45) is 0 Å². The van der Waals surface area contributed by atoms with Gasteiger partial charge in [-0.15, -0.1) is 0 Å². The third-order valence-corrected chi connectivity index (χ3v) is 1.69. The second kappa shape index (κ2) is 4.76. The van der Waals surface area contributed by atoms with Gasteiger partial charge in [-0.05, 0) is 19.2 Å². The molecular weight excluding hydrogens is 190 g/mol. The zero-order valence-corrected chi connectivity index (χ0v) is 7.71. The van der Waals surface area contributed by atoms with Crippen LogP contribution in [-0.4, -0.2) is 20.0 Å². The third kappa shape index (κ3) is 2.85. The minimum absolute atomic E-state index is 0.355. The van der Waals surface area contributed by atoms with Crippen molar-refractivity contribution in [1.29, 1.82) is 0 Å². The number of nitrogens with one attached hydrogen (secondary N) is 1. The van der Waals surface area contributed by atoms with Crippen LogP contribution >= 0.6 is 0 Å². The molecular formula is C9H11F2N2O-. The Morgan fingerprint density at radius 3 is 2.64 bits per heavy atom. The highest BCUT2D eigenvalue weighted by atomic mass is 19.3. The number of hydrogen-bond donors (Lipinski definition) is 1. The molecule has 1 aromatic rings. The first-order valence-electron chi connectivity index (χ1n) is 4.13. The number of alkyl halides is 2. The molecule has 14 heavy (non-hydrogen) atoms. The van der Waals surface area contributed by atoms with Crippen molar-refractivity contribution in [2.45, 2.75) is 6.43 Å². The van der Waals surface area contributed by atoms with Gasteiger partial charge in [-0.2, -0.15) is 0 Å². The Hall–Kier alpha value is -1.36. The zero-order valence-electron chi connectivity index (χ0n) is 7.71. The van der Waals surface area contributed by atoms with Crippen LogP contribution in [0.1, 0.15) is 0 Å². The van der Waals surface area contributed by atoms with Gasteiger partial charge in [0.2, 0.25) is 0 Å². The molecule has 78 valence electrons. The average Bonchev–Trinajstić information content (AvgIpc) is 2.15. The number of anilines is 2. The van der Waals surface area contributed by atoms with E-state index >= 15 is 0 Å². The van der Waals surface area contributed by atoms with Crippen molar-refractivity contribution in [3.05, 3.63) is 29.5 Å². The van der Waals surface area contributed by atoms with Crippen LogP contribution < -0.4 is 10.4 Å². The molecule has 0 saturated carbocycles. The highest BCUT2D eigenvalue weighted by molar-refractivity contribution is 5.69. The van der Waals surface area contributed by atoms with Crippen LogP contribution in [0.25, 0.3) is 0 Å². The quantitative estimate of drug-likeness (QED) is 0.759. The van der Waals surface area contributed by atoms with E-state index in [-0.39, 0.29) is 0 Å². The maximum absolute atomic E-state index is 11.9. The van der Waals surface area contributed by atoms with E-state index in [1.54, 1.807) is 24.3 Å². The molecule has 0 aromatic heterocycles. The van der Waals surface area contributed by atoms with E-state index in [2.05, 4.69) is 5.32 Å². The summed E-state index contributed by atoms with van der Waals surface area (Å²) in [5.74, 6) is 0. The van der Waals surface area contributed by atoms with Crippen LogP contribution in [0.2, 0.25) is 0 Å². The van der Waals surface area contributed by atoms with Crippen molar-refractivity contribution >= 4 is 11.4 Å². The number of benzene rings is 1. The van der Waals surface area contributed by atoms with Crippen molar-refractivity contribution in [2.75, 3.05) is 24.0 Å². The topological polar surface area (TPSA) is 38.3 Å². The fourth-order valence-electron chi connectivity index (χ4n) is 1.08. The average molecular weight is 201 g/mol. The fraction of sp³-hybridized carbons (Fsp3) is 0.333. The minimum Gasteiger partial charge on any atom is -0.758 e. The maximum Gasteiger partial charge on any atom is 0.255 e. The first-order chi connectivity index (χ1) is 6.61. The molecule has 0 unspecified atom stereocenters. The molecule has 0 aliphatic rings. The van der Waals surface area contributed by atoms with Crippen LogP contribution in [0.5, 0.6) is 0 Å². The van der Waals surface area contributed by atoms with Gasteiger partial charge in [0, 0.05) is 5.69 Å². The second-order valence-electron chi connectivity index (χ2n) is 2.79. The molecule has 3 nitrogen and oxygen atoms in total. The highest BCUT2D eigenvalue weighted by Crippen LogP contribution is 2.23. The molecule has 1 N–H and O–H groups in total. The largest absolute Gasteiger partial charge is 0.758 e. The molecule has 0 atom stereocenters. The monoisotopic (exact) mass is 201 g/mol. The zero-order chi connectivity index (χ0) is 10.6. The van der Waals surface area contributed by atoms with Crippen LogP contribution in [0.4, 0.5) is 20.2 Å². The van der Waals surface area contributed by atoms with Crippen molar-refractivity contribution in [3.63, 3.8) is 0 Å². The number of nitrogens with zero attached hydrogens (tertiary/aromatic N) is 1. The molecule has 0 aliphatic heterocycles. The van der Waals surface area contributed by atoms with Gasteiger partial charge >= 0.3 is 0 Å². The van der Waals surface area contributed by atoms with E-state index in [9.17, 15) is 14.0 Å². The molecule has 0 fully saturated rings. The summed E-state index contributed by atoms with van der Waals surface area (Å²) in [5, 5.41) is 14.1. The summed E-state index contributed by atoms with van der Waals surface area (Å²) in [6.07, 6.45) is -2.43. The van der Waals surface area contributed by atoms with E-state index in [4.69, 9.17) is 0 Å². The fourth-order valence-corrected chi connectivity index (χ4v) is 1.08. The normalized spacial score (nSPS) is 10.4. The van der Waals surface area contributed by atoms with Crippen LogP contribution in [-0.2, 0) is 0 Å². The number of para-hydroxylation sites is 2. The van der Waals surface area contributed by atoms with E-state index < -0.39 is 13.0 Å². The molecule has 0 aliphatic carbocycles. The van der Waals surface area contributed by atoms with E-state index in [0.717, 1.165) is 0 Å². The van der Waals surface area contributed by atoms with Gasteiger partial charge in [0.05, 0.1) is 12.2 Å². The van der Waals surface area contributed by atoms with Crippen molar-refractivity contribution in [1.82, 2.24) is 0 Å². The predicted molar refractivity (Wildman–Crippen MR) is 52.7 cm³/mol. The summed E-state index contributed by atoms with van der Waals surface area (Å²) >= 11 is 0. The summed E-state index contributed by atoms with van der Waals surface area (Å²) in [4.78, 5) is 0. The van der Waals surface area contributed by atoms with Gasteiger partial charge in [0.25, 0.3) is 6.43 Å². The van der Waals surface area contributed by atoms with Gasteiger partial charge in [0.15, 0.2) is 0 Å². The van der Waals surface area contributed by atoms with Crippen LogP contribution in [0.3, 0.4) is 0 Å². The Kier molecular flexibility index (Phi) is 3.64. The summed E-state index contributed by atoms with van der Waals surface area (Å²) in [7, 11) is 1.32. The van der Waals surface area contributed by atoms with Gasteiger partial charge < -0.3 is 15.6 Å². The molecule has 5 heteroatoms. The van der Waals surface area contributed by atoms with Gasteiger partial charge in [-0.25, -0.2) is 8.78 Å². The lowest BCUT2D eigenvalue weighted by Crippen LogP contribution is -2.14. The van der Waals surface area contributed by atoms with Gasteiger partial charge in [-0.1, -0.05) is 12.1 Å². The molecule has 0 radical (unpaired) electrons. The first kappa shape index (κ1) is 10.7. The Bertz CT molecular complexity index is 292. The maximum atomic E-state index is 11.9. The van der Waals surface area contributed by atoms with Crippen LogP contribution in [0.15, 0.2) is 24.3 Å². The predicted octanol–water partition coefficient (Wildman–Crippen LogP) is 2.30. The number of rotatable bonds is 4. The molecule has 0 amide bonds. The Morgan fingerprint density at radius 1 is 1.43 bits per heavy atom. The second-order valence-corrected chi connectivity index (χ2v) is 2.79. The molecule has 0 spiro atoms. The van der Waals surface area contributed by atoms with Gasteiger partial charge in [-0.3, -0.25) is 0 Å². The summed E-state index contributed by atoms with van der Waals surface area (Å²) < 4.78 is 23.8. The Labute approximate surface area is 80.9 Å². The minimum atomic E-state index is -2.43. The molecule has 0 bridgehead atoms. The van der Waals surface area contributed by atoms with Gasteiger partial charge in [0.1, 0.15) is 0 Å². The highest BCUT2D eigenvalue weighted by Gasteiger charge is 2.04. The lowest BCUT2D eigenvalue weighted by molar-refractivity contribution is 0.163. The standard InChI is InChI=1S/C9H11F2N2O/c1-13(14)8-5-3-2-4-7(8)12-6-9(10)11/h2-5,9,12H,6H2,1H3/q-1. The summed E-state index contributed by atoms with van der Waals surface area (Å²) in [5.41, 5.74) is 0.776. The summed E-state index contributed by atoms with van der Waals surface area (Å²) in [6.45, 7) is -0.454. The molecule has 0 heterocycles. The van der Waals surface area contributed by atoms with Crippen molar-refractivity contribution < 1.29 is 8.78 Å². The van der Waals surface area contributed by atoms with E-state index in [1.165, 1.54) is 7.05 Å². The van der Waals surface area contributed by atoms with Crippen LogP contribution in [0, 0.1) is 5.21 Å². The lowest BCUT2D eigenvalue weighted by Gasteiger charge is -2.27. The molecule has 0 saturated heterocycles. The first-order valence-corrected chi connectivity index (χ1v) is 4.13. The number of halogens is 2. The summed E-state index contributed by atoms with van der Waals surface area (Å²) in [6, 6.07) is 6.52. The van der Waals surface area contributed by atoms with E-state index in [1.807, 2.05) is 0 Å². The van der Waals surface area contributed by atoms with E-state index in [0.29, 0.717) is 16.4 Å². The third-order valence-electron chi connectivity index (χ3n) is 1.69. The molecule has 1 rings (SSSR count). The number of hydroxylamine groups is 1. The van der Waals surface area contributed by atoms with Crippen molar-refractivity contribution in [3.8, 4) is 0 Å².